The number of amides is 1. The molecule has 2 aromatic carbocycles. The van der Waals surface area contributed by atoms with Crippen LogP contribution >= 0.6 is 11.6 Å². The Kier molecular flexibility index (Phi) is 6.26. The van der Waals surface area contributed by atoms with Crippen molar-refractivity contribution in [2.24, 2.45) is 10.7 Å². The van der Waals surface area contributed by atoms with Crippen molar-refractivity contribution in [3.8, 4) is 5.75 Å². The zero-order valence-corrected chi connectivity index (χ0v) is 18.8. The molecule has 0 saturated carbocycles. The van der Waals surface area contributed by atoms with Crippen molar-refractivity contribution in [2.75, 3.05) is 25.6 Å². The molecule has 0 unspecified atom stereocenters. The summed E-state index contributed by atoms with van der Waals surface area (Å²) in [5.41, 5.74) is 7.06. The van der Waals surface area contributed by atoms with E-state index in [0.29, 0.717) is 40.9 Å². The number of carbonyl (C=O) groups is 1. The summed E-state index contributed by atoms with van der Waals surface area (Å²) in [5, 5.41) is 3.52. The maximum Gasteiger partial charge on any atom is 0.232 e. The number of ether oxygens (including phenoxy) is 2. The van der Waals surface area contributed by atoms with Crippen molar-refractivity contribution in [3.05, 3.63) is 52.8 Å². The second kappa shape index (κ2) is 8.96. The number of benzene rings is 2. The van der Waals surface area contributed by atoms with Gasteiger partial charge in [-0.25, -0.2) is 9.38 Å². The highest BCUT2D eigenvalue weighted by atomic mass is 35.5. The van der Waals surface area contributed by atoms with E-state index < -0.39 is 11.4 Å². The Morgan fingerprint density at radius 3 is 2.75 bits per heavy atom. The lowest BCUT2D eigenvalue weighted by Gasteiger charge is -2.40. The highest BCUT2D eigenvalue weighted by molar-refractivity contribution is 6.34. The van der Waals surface area contributed by atoms with Crippen molar-refractivity contribution in [3.63, 3.8) is 0 Å². The van der Waals surface area contributed by atoms with Gasteiger partial charge in [0, 0.05) is 42.6 Å². The van der Waals surface area contributed by atoms with Crippen molar-refractivity contribution in [1.82, 2.24) is 4.90 Å². The van der Waals surface area contributed by atoms with E-state index in [4.69, 9.17) is 31.8 Å². The molecule has 0 aromatic heterocycles. The molecular weight excluding hydrogens is 435 g/mol. The number of methoxy groups -OCH3 is 1. The molecule has 0 spiro atoms. The molecule has 2 aliphatic rings. The van der Waals surface area contributed by atoms with E-state index >= 15 is 0 Å². The molecule has 0 aliphatic carbocycles. The molecule has 1 amide bonds. The Morgan fingerprint density at radius 2 is 2.06 bits per heavy atom. The maximum atomic E-state index is 13.9. The van der Waals surface area contributed by atoms with Gasteiger partial charge in [0.1, 0.15) is 11.6 Å². The summed E-state index contributed by atoms with van der Waals surface area (Å²) < 4.78 is 24.4. The van der Waals surface area contributed by atoms with Crippen LogP contribution < -0.4 is 15.8 Å². The third-order valence-electron chi connectivity index (χ3n) is 5.89. The van der Waals surface area contributed by atoms with Crippen LogP contribution in [0.5, 0.6) is 5.75 Å². The molecule has 0 bridgehead atoms. The number of nitrogens with one attached hydrogen (secondary N) is 1. The summed E-state index contributed by atoms with van der Waals surface area (Å²) in [6.07, 6.45) is 1.61. The number of carbonyl (C=O) groups excluding carboxylic acids is 1. The molecule has 2 aliphatic heterocycles. The molecule has 1 atom stereocenters. The first-order valence-electron chi connectivity index (χ1n) is 10.5. The first-order valence-corrected chi connectivity index (χ1v) is 10.8. The molecule has 4 rings (SSSR count). The molecule has 9 heteroatoms. The monoisotopic (exact) mass is 460 g/mol. The molecule has 0 radical (unpaired) electrons. The van der Waals surface area contributed by atoms with E-state index in [-0.39, 0.29) is 24.3 Å². The lowest BCUT2D eigenvalue weighted by atomic mass is 9.86. The predicted molar refractivity (Wildman–Crippen MR) is 122 cm³/mol. The van der Waals surface area contributed by atoms with E-state index in [1.54, 1.807) is 17.0 Å². The third-order valence-corrected chi connectivity index (χ3v) is 6.30. The molecular formula is C23H26ClFN4O3. The van der Waals surface area contributed by atoms with Crippen LogP contribution in [0.15, 0.2) is 41.4 Å². The summed E-state index contributed by atoms with van der Waals surface area (Å²) >= 11 is 6.74. The molecule has 7 nitrogen and oxygen atoms in total. The van der Waals surface area contributed by atoms with Gasteiger partial charge in [-0.15, -0.1) is 0 Å². The SMILES string of the molecule is COc1cc(F)cc(Nc2cccc([C@]3(C)CC(=O)N(C4CCOCC4)C(N)=N3)c2Cl)c1. The minimum atomic E-state index is -0.919. The highest BCUT2D eigenvalue weighted by Crippen LogP contribution is 2.41. The van der Waals surface area contributed by atoms with E-state index in [9.17, 15) is 9.18 Å². The molecule has 2 aromatic rings. The largest absolute Gasteiger partial charge is 0.497 e. The minimum absolute atomic E-state index is 0.00372. The number of aliphatic imine (C=N–C) groups is 1. The van der Waals surface area contributed by atoms with Crippen molar-refractivity contribution >= 4 is 34.8 Å². The van der Waals surface area contributed by atoms with E-state index in [2.05, 4.69) is 5.32 Å². The predicted octanol–water partition coefficient (Wildman–Crippen LogP) is 4.17. The van der Waals surface area contributed by atoms with E-state index in [1.165, 1.54) is 19.2 Å². The van der Waals surface area contributed by atoms with Crippen LogP contribution in [0.4, 0.5) is 15.8 Å². The normalized spacial score (nSPS) is 21.9. The number of hydrogen-bond acceptors (Lipinski definition) is 6. The number of rotatable bonds is 5. The Bertz CT molecular complexity index is 1060. The van der Waals surface area contributed by atoms with Crippen molar-refractivity contribution in [2.45, 2.75) is 37.8 Å². The number of nitrogens with two attached hydrogens (primary N) is 1. The number of anilines is 2. The number of hydrogen-bond donors (Lipinski definition) is 2. The van der Waals surface area contributed by atoms with Crippen molar-refractivity contribution < 1.29 is 18.7 Å². The summed E-state index contributed by atoms with van der Waals surface area (Å²) in [4.78, 5) is 19.4. The van der Waals surface area contributed by atoms with Gasteiger partial charge in [0.15, 0.2) is 5.96 Å². The zero-order chi connectivity index (χ0) is 22.9. The first kappa shape index (κ1) is 22.4. The Balaban J connectivity index is 1.65. The average molecular weight is 461 g/mol. The number of nitrogens with zero attached hydrogens (tertiary/aromatic N) is 2. The second-order valence-corrected chi connectivity index (χ2v) is 8.58. The summed E-state index contributed by atoms with van der Waals surface area (Å²) in [6, 6.07) is 9.72. The maximum absolute atomic E-state index is 13.9. The van der Waals surface area contributed by atoms with Gasteiger partial charge >= 0.3 is 0 Å². The van der Waals surface area contributed by atoms with Crippen molar-refractivity contribution in [1.29, 1.82) is 0 Å². The van der Waals surface area contributed by atoms with Crippen LogP contribution in [0, 0.1) is 5.82 Å². The molecule has 32 heavy (non-hydrogen) atoms. The first-order chi connectivity index (χ1) is 15.3. The average Bonchev–Trinajstić information content (AvgIpc) is 2.75. The molecule has 2 heterocycles. The van der Waals surface area contributed by atoms with Gasteiger partial charge < -0.3 is 20.5 Å². The van der Waals surface area contributed by atoms with Crippen LogP contribution in [0.3, 0.4) is 0 Å². The van der Waals surface area contributed by atoms with Gasteiger partial charge in [0.25, 0.3) is 0 Å². The molecule has 3 N–H and O–H groups in total. The van der Waals surface area contributed by atoms with E-state index in [1.807, 2.05) is 19.1 Å². The van der Waals surface area contributed by atoms with Gasteiger partial charge in [0.05, 0.1) is 29.8 Å². The fraction of sp³-hybridized carbons (Fsp3) is 0.391. The fourth-order valence-electron chi connectivity index (χ4n) is 4.30. The van der Waals surface area contributed by atoms with Gasteiger partial charge in [-0.05, 0) is 31.9 Å². The Labute approximate surface area is 191 Å². The Hall–Kier alpha value is -2.84. The lowest BCUT2D eigenvalue weighted by Crippen LogP contribution is -2.55. The number of halogens is 2. The highest BCUT2D eigenvalue weighted by Gasteiger charge is 2.41. The Morgan fingerprint density at radius 1 is 1.31 bits per heavy atom. The lowest BCUT2D eigenvalue weighted by molar-refractivity contribution is -0.132. The number of guanidine groups is 1. The molecule has 1 fully saturated rings. The van der Waals surface area contributed by atoms with Gasteiger partial charge in [-0.2, -0.15) is 0 Å². The quantitative estimate of drug-likeness (QED) is 0.699. The second-order valence-electron chi connectivity index (χ2n) is 8.20. The summed E-state index contributed by atoms with van der Waals surface area (Å²) in [5.74, 6) is 0.0564. The topological polar surface area (TPSA) is 89.2 Å². The third kappa shape index (κ3) is 4.38. The van der Waals surface area contributed by atoms with Gasteiger partial charge in [0.2, 0.25) is 5.91 Å². The van der Waals surface area contributed by atoms with Crippen LogP contribution in [0.2, 0.25) is 5.02 Å². The standard InChI is InChI=1S/C23H26ClFN4O3/c1-23(13-20(30)29(22(26)28-23)16-6-8-32-9-7-16)18-4-3-5-19(21(18)24)27-15-10-14(25)11-17(12-15)31-2/h3-5,10-12,16,27H,6-9,13H2,1-2H3,(H2,26,28)/t23-/m0/s1. The van der Waals surface area contributed by atoms with Crippen LogP contribution in [-0.4, -0.2) is 43.1 Å². The zero-order valence-electron chi connectivity index (χ0n) is 18.0. The van der Waals surface area contributed by atoms with Crippen LogP contribution in [0.1, 0.15) is 31.7 Å². The fourth-order valence-corrected chi connectivity index (χ4v) is 4.67. The summed E-state index contributed by atoms with van der Waals surface area (Å²) in [7, 11) is 1.47. The smallest absolute Gasteiger partial charge is 0.232 e. The van der Waals surface area contributed by atoms with Gasteiger partial charge in [-0.1, -0.05) is 23.7 Å². The molecule has 170 valence electrons. The molecule has 1 saturated heterocycles. The van der Waals surface area contributed by atoms with E-state index in [0.717, 1.165) is 12.8 Å². The van der Waals surface area contributed by atoms with Crippen LogP contribution in [0.25, 0.3) is 0 Å². The minimum Gasteiger partial charge on any atom is -0.497 e. The van der Waals surface area contributed by atoms with Crippen LogP contribution in [-0.2, 0) is 15.1 Å². The summed E-state index contributed by atoms with van der Waals surface area (Å²) in [6.45, 7) is 3.04. The van der Waals surface area contributed by atoms with Gasteiger partial charge in [-0.3, -0.25) is 9.69 Å².